The van der Waals surface area contributed by atoms with E-state index < -0.39 is 5.97 Å². The van der Waals surface area contributed by atoms with Crippen molar-refractivity contribution in [1.82, 2.24) is 0 Å². The predicted molar refractivity (Wildman–Crippen MR) is 110 cm³/mol. The standard InChI is InChI=1S/C23H29NO5/c1-4-6-18-15-29-23(18,11-5-2)12-13-28-22(27)17-7-9-19(10-8-17)24-20(25)14-16(3)21(24)26/h7-10,14,18H,4-6,11-13,15H2,1-3H3. The van der Waals surface area contributed by atoms with Crippen molar-refractivity contribution in [3.05, 3.63) is 41.5 Å². The molecule has 2 amide bonds. The van der Waals surface area contributed by atoms with Gasteiger partial charge in [-0.15, -0.1) is 0 Å². The topological polar surface area (TPSA) is 72.9 Å². The molecule has 6 heteroatoms. The summed E-state index contributed by atoms with van der Waals surface area (Å²) in [6, 6.07) is 6.33. The Morgan fingerprint density at radius 1 is 1.17 bits per heavy atom. The van der Waals surface area contributed by atoms with Gasteiger partial charge in [0.25, 0.3) is 11.8 Å². The number of hydrogen-bond donors (Lipinski definition) is 0. The number of hydrogen-bond acceptors (Lipinski definition) is 5. The maximum atomic E-state index is 12.4. The van der Waals surface area contributed by atoms with E-state index in [1.54, 1.807) is 31.2 Å². The molecule has 0 spiro atoms. The van der Waals surface area contributed by atoms with Crippen LogP contribution >= 0.6 is 0 Å². The highest BCUT2D eigenvalue weighted by Crippen LogP contribution is 2.42. The number of carbonyl (C=O) groups is 3. The third kappa shape index (κ3) is 4.27. The molecule has 3 rings (SSSR count). The van der Waals surface area contributed by atoms with Crippen LogP contribution in [-0.4, -0.2) is 36.6 Å². The maximum Gasteiger partial charge on any atom is 0.338 e. The number of imide groups is 1. The number of benzene rings is 1. The fourth-order valence-corrected chi connectivity index (χ4v) is 4.21. The molecule has 1 fully saturated rings. The molecule has 0 bridgehead atoms. The van der Waals surface area contributed by atoms with Crippen LogP contribution in [0, 0.1) is 5.92 Å². The third-order valence-electron chi connectivity index (χ3n) is 5.85. The molecule has 2 atom stereocenters. The molecule has 0 radical (unpaired) electrons. The zero-order chi connectivity index (χ0) is 21.0. The van der Waals surface area contributed by atoms with Crippen LogP contribution in [0.4, 0.5) is 5.69 Å². The molecule has 1 aromatic rings. The van der Waals surface area contributed by atoms with Gasteiger partial charge in [-0.2, -0.15) is 0 Å². The van der Waals surface area contributed by atoms with Gasteiger partial charge < -0.3 is 9.47 Å². The number of rotatable bonds is 9. The van der Waals surface area contributed by atoms with E-state index in [9.17, 15) is 14.4 Å². The highest BCUT2D eigenvalue weighted by atomic mass is 16.5. The molecular formula is C23H29NO5. The Hall–Kier alpha value is -2.47. The summed E-state index contributed by atoms with van der Waals surface area (Å²) in [5, 5.41) is 0. The number of anilines is 1. The molecule has 0 N–H and O–H groups in total. The van der Waals surface area contributed by atoms with Gasteiger partial charge in [-0.1, -0.05) is 26.7 Å². The number of esters is 1. The van der Waals surface area contributed by atoms with Crippen LogP contribution in [0.5, 0.6) is 0 Å². The minimum atomic E-state index is -0.414. The summed E-state index contributed by atoms with van der Waals surface area (Å²) >= 11 is 0. The van der Waals surface area contributed by atoms with Crippen LogP contribution in [0.1, 0.15) is 63.2 Å². The van der Waals surface area contributed by atoms with Crippen molar-refractivity contribution >= 4 is 23.5 Å². The fourth-order valence-electron chi connectivity index (χ4n) is 4.21. The van der Waals surface area contributed by atoms with Crippen LogP contribution in [0.3, 0.4) is 0 Å². The predicted octanol–water partition coefficient (Wildman–Crippen LogP) is 4.04. The molecule has 2 aliphatic heterocycles. The third-order valence-corrected chi connectivity index (χ3v) is 5.85. The second-order valence-electron chi connectivity index (χ2n) is 7.85. The van der Waals surface area contributed by atoms with E-state index in [1.165, 1.54) is 6.08 Å². The number of amides is 2. The second-order valence-corrected chi connectivity index (χ2v) is 7.85. The van der Waals surface area contributed by atoms with Crippen LogP contribution in [0.25, 0.3) is 0 Å². The van der Waals surface area contributed by atoms with Crippen molar-refractivity contribution in [3.8, 4) is 0 Å². The van der Waals surface area contributed by atoms with Gasteiger partial charge in [0, 0.05) is 24.0 Å². The highest BCUT2D eigenvalue weighted by molar-refractivity contribution is 6.30. The Bertz CT molecular complexity index is 813. The van der Waals surface area contributed by atoms with E-state index in [2.05, 4.69) is 13.8 Å². The SMILES string of the molecule is CCCC1COC1(CCC)CCOC(=O)c1ccc(N2C(=O)C=C(C)C2=O)cc1. The van der Waals surface area contributed by atoms with Crippen molar-refractivity contribution in [2.75, 3.05) is 18.1 Å². The van der Waals surface area contributed by atoms with Gasteiger partial charge in [-0.25, -0.2) is 9.69 Å². The summed E-state index contributed by atoms with van der Waals surface area (Å²) in [7, 11) is 0. The van der Waals surface area contributed by atoms with E-state index in [1.807, 2.05) is 0 Å². The summed E-state index contributed by atoms with van der Waals surface area (Å²) in [6.07, 6.45) is 6.30. The maximum absolute atomic E-state index is 12.4. The summed E-state index contributed by atoms with van der Waals surface area (Å²) < 4.78 is 11.4. The average Bonchev–Trinajstić information content (AvgIpc) is 2.96. The lowest BCUT2D eigenvalue weighted by Crippen LogP contribution is -2.54. The molecular weight excluding hydrogens is 370 g/mol. The molecule has 6 nitrogen and oxygen atoms in total. The lowest BCUT2D eigenvalue weighted by Gasteiger charge is -2.50. The van der Waals surface area contributed by atoms with Crippen molar-refractivity contribution in [1.29, 1.82) is 0 Å². The monoisotopic (exact) mass is 399 g/mol. The normalized spacial score (nSPS) is 23.8. The van der Waals surface area contributed by atoms with E-state index in [0.29, 0.717) is 35.8 Å². The first-order valence-corrected chi connectivity index (χ1v) is 10.4. The van der Waals surface area contributed by atoms with Gasteiger partial charge >= 0.3 is 5.97 Å². The van der Waals surface area contributed by atoms with Gasteiger partial charge in [-0.05, 0) is 44.0 Å². The molecule has 0 saturated carbocycles. The Kier molecular flexibility index (Phi) is 6.52. The average molecular weight is 399 g/mol. The molecule has 1 aromatic carbocycles. The molecule has 29 heavy (non-hydrogen) atoms. The van der Waals surface area contributed by atoms with Gasteiger partial charge in [-0.3, -0.25) is 9.59 Å². The molecule has 0 aromatic heterocycles. The van der Waals surface area contributed by atoms with Crippen molar-refractivity contribution in [3.63, 3.8) is 0 Å². The van der Waals surface area contributed by atoms with Crippen LogP contribution in [0.2, 0.25) is 0 Å². The van der Waals surface area contributed by atoms with Gasteiger partial charge in [0.2, 0.25) is 0 Å². The van der Waals surface area contributed by atoms with E-state index >= 15 is 0 Å². The number of ether oxygens (including phenoxy) is 2. The van der Waals surface area contributed by atoms with E-state index in [-0.39, 0.29) is 17.4 Å². The zero-order valence-corrected chi connectivity index (χ0v) is 17.4. The summed E-state index contributed by atoms with van der Waals surface area (Å²) in [5.41, 5.74) is 1.08. The van der Waals surface area contributed by atoms with Gasteiger partial charge in [0.1, 0.15) is 0 Å². The Balaban J connectivity index is 1.56. The molecule has 1 saturated heterocycles. The molecule has 0 aliphatic carbocycles. The smallest absolute Gasteiger partial charge is 0.338 e. The summed E-state index contributed by atoms with van der Waals surface area (Å²) in [6.45, 7) is 7.04. The molecule has 2 unspecified atom stereocenters. The minimum absolute atomic E-state index is 0.157. The van der Waals surface area contributed by atoms with Gasteiger partial charge in [0.15, 0.2) is 0 Å². The lowest BCUT2D eigenvalue weighted by atomic mass is 9.74. The largest absolute Gasteiger partial charge is 0.462 e. The fraction of sp³-hybridized carbons (Fsp3) is 0.522. The lowest BCUT2D eigenvalue weighted by molar-refractivity contribution is -0.217. The number of nitrogens with zero attached hydrogens (tertiary/aromatic N) is 1. The summed E-state index contributed by atoms with van der Waals surface area (Å²) in [4.78, 5) is 37.5. The highest BCUT2D eigenvalue weighted by Gasteiger charge is 2.46. The molecule has 2 aliphatic rings. The Morgan fingerprint density at radius 2 is 1.90 bits per heavy atom. The van der Waals surface area contributed by atoms with Crippen molar-refractivity contribution in [2.45, 2.75) is 58.5 Å². The van der Waals surface area contributed by atoms with Crippen molar-refractivity contribution in [2.24, 2.45) is 5.92 Å². The Labute approximate surface area is 171 Å². The van der Waals surface area contributed by atoms with E-state index in [4.69, 9.17) is 9.47 Å². The van der Waals surface area contributed by atoms with E-state index in [0.717, 1.165) is 37.2 Å². The summed E-state index contributed by atoms with van der Waals surface area (Å²) in [5.74, 6) is -0.583. The van der Waals surface area contributed by atoms with Crippen LogP contribution < -0.4 is 4.90 Å². The first-order valence-electron chi connectivity index (χ1n) is 10.4. The van der Waals surface area contributed by atoms with Crippen LogP contribution in [-0.2, 0) is 19.1 Å². The second kappa shape index (κ2) is 8.91. The molecule has 156 valence electrons. The van der Waals surface area contributed by atoms with Gasteiger partial charge in [0.05, 0.1) is 30.1 Å². The molecule has 2 heterocycles. The first-order chi connectivity index (χ1) is 13.9. The van der Waals surface area contributed by atoms with Crippen molar-refractivity contribution < 1.29 is 23.9 Å². The quantitative estimate of drug-likeness (QED) is 0.463. The number of carbonyl (C=O) groups excluding carboxylic acids is 3. The first kappa shape index (κ1) is 21.2. The van der Waals surface area contributed by atoms with Crippen LogP contribution in [0.15, 0.2) is 35.9 Å². The minimum Gasteiger partial charge on any atom is -0.462 e. The zero-order valence-electron chi connectivity index (χ0n) is 17.4. The Morgan fingerprint density at radius 3 is 2.41 bits per heavy atom.